The Morgan fingerprint density at radius 1 is 1.11 bits per heavy atom. The lowest BCUT2D eigenvalue weighted by atomic mass is 10.4. The van der Waals surface area contributed by atoms with Gasteiger partial charge < -0.3 is 0 Å². The van der Waals surface area contributed by atoms with Crippen molar-refractivity contribution >= 4 is 22.6 Å². The molecule has 0 atom stereocenters. The van der Waals surface area contributed by atoms with Crippen LogP contribution in [-0.2, 0) is 0 Å². The van der Waals surface area contributed by atoms with Gasteiger partial charge >= 0.3 is 0 Å². The predicted octanol–water partition coefficient (Wildman–Crippen LogP) is 2.50. The molecule has 9 heavy (non-hydrogen) atoms. The van der Waals surface area contributed by atoms with Crippen molar-refractivity contribution in [3.05, 3.63) is 0 Å². The SMILES string of the molecule is CCCN(CI)CCC. The fraction of sp³-hybridized carbons (Fsp3) is 1.00. The molecule has 1 nitrogen and oxygen atoms in total. The summed E-state index contributed by atoms with van der Waals surface area (Å²) in [4.78, 5) is 2.47. The van der Waals surface area contributed by atoms with E-state index >= 15 is 0 Å². The van der Waals surface area contributed by atoms with Gasteiger partial charge in [-0.15, -0.1) is 0 Å². The highest BCUT2D eigenvalue weighted by molar-refractivity contribution is 14.1. The quantitative estimate of drug-likeness (QED) is 0.406. The smallest absolute Gasteiger partial charge is 0.0505 e. The van der Waals surface area contributed by atoms with Crippen molar-refractivity contribution < 1.29 is 0 Å². The van der Waals surface area contributed by atoms with Gasteiger partial charge in [0.2, 0.25) is 0 Å². The second-order valence-electron chi connectivity index (χ2n) is 2.24. The highest BCUT2D eigenvalue weighted by Crippen LogP contribution is 1.96. The van der Waals surface area contributed by atoms with Crippen LogP contribution in [0.5, 0.6) is 0 Å². The lowest BCUT2D eigenvalue weighted by Gasteiger charge is -2.16. The number of alkyl halides is 1. The van der Waals surface area contributed by atoms with Crippen molar-refractivity contribution in [3.8, 4) is 0 Å². The molecule has 0 aromatic rings. The zero-order valence-electron chi connectivity index (χ0n) is 6.36. The van der Waals surface area contributed by atoms with Gasteiger partial charge in [-0.1, -0.05) is 36.4 Å². The first-order valence-electron chi connectivity index (χ1n) is 3.63. The molecular formula is C7H16IN. The van der Waals surface area contributed by atoms with E-state index in [1.807, 2.05) is 0 Å². The first kappa shape index (κ1) is 9.69. The monoisotopic (exact) mass is 241 g/mol. The topological polar surface area (TPSA) is 3.24 Å². The van der Waals surface area contributed by atoms with E-state index in [2.05, 4.69) is 41.3 Å². The summed E-state index contributed by atoms with van der Waals surface area (Å²) in [7, 11) is 0. The van der Waals surface area contributed by atoms with E-state index in [0.29, 0.717) is 0 Å². The summed E-state index contributed by atoms with van der Waals surface area (Å²) in [5.41, 5.74) is 0. The van der Waals surface area contributed by atoms with Crippen LogP contribution < -0.4 is 0 Å². The van der Waals surface area contributed by atoms with Crippen molar-refractivity contribution in [1.82, 2.24) is 4.90 Å². The van der Waals surface area contributed by atoms with Crippen LogP contribution in [0.3, 0.4) is 0 Å². The molecular weight excluding hydrogens is 225 g/mol. The van der Waals surface area contributed by atoms with E-state index in [9.17, 15) is 0 Å². The third-order valence-electron chi connectivity index (χ3n) is 1.25. The van der Waals surface area contributed by atoms with Crippen LogP contribution in [0, 0.1) is 0 Å². The number of hydrogen-bond donors (Lipinski definition) is 0. The number of nitrogens with zero attached hydrogens (tertiary/aromatic N) is 1. The maximum absolute atomic E-state index is 2.47. The Balaban J connectivity index is 3.18. The number of hydrogen-bond acceptors (Lipinski definition) is 1. The third-order valence-corrected chi connectivity index (χ3v) is 2.21. The van der Waals surface area contributed by atoms with Crippen molar-refractivity contribution in [2.24, 2.45) is 0 Å². The van der Waals surface area contributed by atoms with Crippen LogP contribution in [0.1, 0.15) is 26.7 Å². The van der Waals surface area contributed by atoms with Gasteiger partial charge in [0.25, 0.3) is 0 Å². The van der Waals surface area contributed by atoms with Gasteiger partial charge in [0.15, 0.2) is 0 Å². The summed E-state index contributed by atoms with van der Waals surface area (Å²) >= 11 is 2.42. The molecule has 0 rings (SSSR count). The van der Waals surface area contributed by atoms with Crippen molar-refractivity contribution in [2.45, 2.75) is 26.7 Å². The molecule has 0 saturated carbocycles. The average Bonchev–Trinajstić information content (AvgIpc) is 1.88. The first-order chi connectivity index (χ1) is 4.35. The molecule has 0 aliphatic carbocycles. The molecule has 0 aromatic carbocycles. The summed E-state index contributed by atoms with van der Waals surface area (Å²) in [6.45, 7) is 6.98. The maximum Gasteiger partial charge on any atom is 0.0505 e. The number of halogens is 1. The summed E-state index contributed by atoms with van der Waals surface area (Å²) in [5.74, 6) is 0. The molecule has 2 heteroatoms. The van der Waals surface area contributed by atoms with Crippen LogP contribution >= 0.6 is 22.6 Å². The molecule has 0 saturated heterocycles. The van der Waals surface area contributed by atoms with Gasteiger partial charge in [-0.2, -0.15) is 0 Å². The minimum absolute atomic E-state index is 1.18. The molecule has 0 spiro atoms. The molecule has 0 aromatic heterocycles. The normalized spacial score (nSPS) is 10.7. The Hall–Kier alpha value is 0.690. The Morgan fingerprint density at radius 3 is 1.78 bits per heavy atom. The Labute approximate surface area is 72.0 Å². The maximum atomic E-state index is 2.47. The predicted molar refractivity (Wildman–Crippen MR) is 51.0 cm³/mol. The van der Waals surface area contributed by atoms with Crippen molar-refractivity contribution in [1.29, 1.82) is 0 Å². The molecule has 0 aliphatic rings. The molecule has 56 valence electrons. The zero-order valence-corrected chi connectivity index (χ0v) is 8.52. The summed E-state index contributed by atoms with van der Waals surface area (Å²) < 4.78 is 1.18. The Bertz CT molecular complexity index is 50.9. The van der Waals surface area contributed by atoms with Gasteiger partial charge in [-0.25, -0.2) is 0 Å². The van der Waals surface area contributed by atoms with Crippen LogP contribution in [0.4, 0.5) is 0 Å². The van der Waals surface area contributed by atoms with E-state index < -0.39 is 0 Å². The van der Waals surface area contributed by atoms with Crippen LogP contribution in [0.2, 0.25) is 0 Å². The van der Waals surface area contributed by atoms with Crippen LogP contribution in [0.25, 0.3) is 0 Å². The van der Waals surface area contributed by atoms with Crippen LogP contribution in [-0.4, -0.2) is 22.5 Å². The highest BCUT2D eigenvalue weighted by atomic mass is 127. The zero-order chi connectivity index (χ0) is 7.11. The number of rotatable bonds is 5. The van der Waals surface area contributed by atoms with E-state index in [-0.39, 0.29) is 0 Å². The molecule has 0 amide bonds. The molecule has 0 aliphatic heterocycles. The summed E-state index contributed by atoms with van der Waals surface area (Å²) in [5, 5.41) is 0. The van der Waals surface area contributed by atoms with E-state index in [4.69, 9.17) is 0 Å². The van der Waals surface area contributed by atoms with Crippen LogP contribution in [0.15, 0.2) is 0 Å². The summed E-state index contributed by atoms with van der Waals surface area (Å²) in [6.07, 6.45) is 2.56. The lowest BCUT2D eigenvalue weighted by molar-refractivity contribution is 0.329. The van der Waals surface area contributed by atoms with Gasteiger partial charge in [-0.05, 0) is 25.9 Å². The van der Waals surface area contributed by atoms with E-state index in [1.165, 1.54) is 30.5 Å². The second-order valence-corrected chi connectivity index (χ2v) is 2.92. The molecule has 0 radical (unpaired) electrons. The van der Waals surface area contributed by atoms with Gasteiger partial charge in [0.05, 0.1) is 4.55 Å². The van der Waals surface area contributed by atoms with Crippen molar-refractivity contribution in [3.63, 3.8) is 0 Å². The third kappa shape index (κ3) is 5.15. The Morgan fingerprint density at radius 2 is 1.56 bits per heavy atom. The molecule has 0 unspecified atom stereocenters. The standard InChI is InChI=1S/C7H16IN/c1-3-5-9(7-8)6-4-2/h3-7H2,1-2H3. The first-order valence-corrected chi connectivity index (χ1v) is 5.16. The molecule has 0 fully saturated rings. The minimum Gasteiger partial charge on any atom is -0.294 e. The lowest BCUT2D eigenvalue weighted by Crippen LogP contribution is -2.23. The molecule has 0 heterocycles. The fourth-order valence-electron chi connectivity index (χ4n) is 0.864. The minimum atomic E-state index is 1.18. The average molecular weight is 241 g/mol. The van der Waals surface area contributed by atoms with Gasteiger partial charge in [-0.3, -0.25) is 4.90 Å². The summed E-state index contributed by atoms with van der Waals surface area (Å²) in [6, 6.07) is 0. The second kappa shape index (κ2) is 6.81. The van der Waals surface area contributed by atoms with Gasteiger partial charge in [0, 0.05) is 0 Å². The highest BCUT2D eigenvalue weighted by Gasteiger charge is 1.96. The molecule has 0 bridgehead atoms. The molecule has 0 N–H and O–H groups in total. The Kier molecular flexibility index (Phi) is 7.33. The van der Waals surface area contributed by atoms with E-state index in [0.717, 1.165) is 0 Å². The fourth-order valence-corrected chi connectivity index (χ4v) is 1.55. The van der Waals surface area contributed by atoms with E-state index in [1.54, 1.807) is 0 Å². The van der Waals surface area contributed by atoms with Gasteiger partial charge in [0.1, 0.15) is 0 Å². The largest absolute Gasteiger partial charge is 0.294 e. The van der Waals surface area contributed by atoms with Crippen molar-refractivity contribution in [2.75, 3.05) is 17.6 Å².